The number of hydrogen-bond acceptors (Lipinski definition) is 2. The van der Waals surface area contributed by atoms with Gasteiger partial charge < -0.3 is 24.9 Å². The summed E-state index contributed by atoms with van der Waals surface area (Å²) in [4.78, 5) is 30.1. The Labute approximate surface area is 84.9 Å². The molecule has 0 radical (unpaired) electrons. The van der Waals surface area contributed by atoms with E-state index >= 15 is 0 Å². The minimum Gasteiger partial charge on any atom is -0.450 e. The summed E-state index contributed by atoms with van der Waals surface area (Å²) < 4.78 is 8.88. The molecule has 0 unspecified atom stereocenters. The zero-order valence-electron chi connectivity index (χ0n) is 5.06. The van der Waals surface area contributed by atoms with E-state index in [1.165, 1.54) is 0 Å². The first-order valence-electron chi connectivity index (χ1n) is 1.43. The topological polar surface area (TPSA) is 135 Å². The normalized spacial score (nSPS) is 7.55. The van der Waals surface area contributed by atoms with Crippen molar-refractivity contribution in [1.82, 2.24) is 0 Å². The molecular formula is CH5FeO7PZn. The van der Waals surface area contributed by atoms with Gasteiger partial charge in [0.2, 0.25) is 0 Å². The predicted molar refractivity (Wildman–Crippen MR) is 24.9 cm³/mol. The molecule has 0 bridgehead atoms. The zero-order chi connectivity index (χ0) is 8.08. The van der Waals surface area contributed by atoms with Crippen molar-refractivity contribution < 1.29 is 70.8 Å². The van der Waals surface area contributed by atoms with E-state index in [1.54, 1.807) is 0 Å². The van der Waals surface area contributed by atoms with Crippen LogP contribution in [0.3, 0.4) is 0 Å². The van der Waals surface area contributed by atoms with E-state index < -0.39 is 14.0 Å². The van der Waals surface area contributed by atoms with Crippen molar-refractivity contribution in [2.24, 2.45) is 0 Å². The van der Waals surface area contributed by atoms with Gasteiger partial charge in [0.25, 0.3) is 0 Å². The molecule has 0 saturated heterocycles. The van der Waals surface area contributed by atoms with Crippen LogP contribution in [0.15, 0.2) is 0 Å². The average Bonchev–Trinajstić information content (AvgIpc) is 1.19. The van der Waals surface area contributed by atoms with Gasteiger partial charge in [-0.2, -0.15) is 0 Å². The van der Waals surface area contributed by atoms with Gasteiger partial charge in [0.15, 0.2) is 0 Å². The summed E-state index contributed by atoms with van der Waals surface area (Å²) in [5.41, 5.74) is 0. The fourth-order valence-electron chi connectivity index (χ4n) is 0. The molecule has 5 N–H and O–H groups in total. The molecule has 0 aromatic rings. The van der Waals surface area contributed by atoms with E-state index in [0.29, 0.717) is 0 Å². The number of carboxylic acid groups (broad SMARTS) is 2. The Morgan fingerprint density at radius 1 is 1.09 bits per heavy atom. The molecule has 0 amide bonds. The van der Waals surface area contributed by atoms with Gasteiger partial charge in [0, 0.05) is 36.5 Å². The summed E-state index contributed by atoms with van der Waals surface area (Å²) in [5.74, 6) is 0. The van der Waals surface area contributed by atoms with Crippen molar-refractivity contribution in [3.63, 3.8) is 0 Å². The Kier molecular flexibility index (Phi) is 21.6. The maximum Gasteiger partial charge on any atom is 0.503 e. The van der Waals surface area contributed by atoms with Gasteiger partial charge in [-0.05, 0) is 0 Å². The molecule has 11 heavy (non-hydrogen) atoms. The molecule has 66 valence electrons. The van der Waals surface area contributed by atoms with Gasteiger partial charge in [0.05, 0.1) is 0 Å². The van der Waals surface area contributed by atoms with Gasteiger partial charge >= 0.3 is 14.0 Å². The van der Waals surface area contributed by atoms with Crippen LogP contribution in [0.5, 0.6) is 0 Å². The predicted octanol–water partition coefficient (Wildman–Crippen LogP) is -0.711. The third-order valence-electron chi connectivity index (χ3n) is 0. The Balaban J connectivity index is -0.0000000383. The van der Waals surface area contributed by atoms with Crippen LogP contribution in [0.2, 0.25) is 0 Å². The molecule has 7 nitrogen and oxygen atoms in total. The van der Waals surface area contributed by atoms with E-state index in [-0.39, 0.29) is 36.5 Å². The first kappa shape index (κ1) is 22.5. The fraction of sp³-hybridized carbons (Fsp3) is 0. The van der Waals surface area contributed by atoms with Crippen molar-refractivity contribution >= 4 is 14.0 Å². The minimum atomic E-state index is -4.64. The quantitative estimate of drug-likeness (QED) is 0.292. The van der Waals surface area contributed by atoms with Crippen molar-refractivity contribution in [2.75, 3.05) is 0 Å². The van der Waals surface area contributed by atoms with Gasteiger partial charge in [-0.3, -0.25) is 0 Å². The van der Waals surface area contributed by atoms with Crippen LogP contribution in [0.25, 0.3) is 0 Å². The summed E-state index contributed by atoms with van der Waals surface area (Å²) in [6.07, 6.45) is -1.83. The van der Waals surface area contributed by atoms with E-state index in [2.05, 4.69) is 0 Å². The molecule has 0 rings (SSSR count). The summed E-state index contributed by atoms with van der Waals surface area (Å²) in [5, 5.41) is 13.9. The summed E-state index contributed by atoms with van der Waals surface area (Å²) in [6, 6.07) is 0. The summed E-state index contributed by atoms with van der Waals surface area (Å²) in [6.45, 7) is 0. The first-order chi connectivity index (χ1) is 3.73. The van der Waals surface area contributed by atoms with Gasteiger partial charge in [-0.15, -0.1) is 0 Å². The number of phosphoric acid groups is 1. The van der Waals surface area contributed by atoms with E-state index in [9.17, 15) is 0 Å². The number of rotatable bonds is 0. The van der Waals surface area contributed by atoms with Crippen LogP contribution in [0.1, 0.15) is 0 Å². The van der Waals surface area contributed by atoms with Crippen LogP contribution in [0.4, 0.5) is 4.79 Å². The first-order valence-corrected chi connectivity index (χ1v) is 3.00. The Morgan fingerprint density at radius 3 is 1.09 bits per heavy atom. The van der Waals surface area contributed by atoms with Crippen LogP contribution in [0, 0.1) is 0 Å². The molecule has 0 aromatic heterocycles. The second kappa shape index (κ2) is 10.5. The molecule has 0 saturated carbocycles. The van der Waals surface area contributed by atoms with Gasteiger partial charge in [-0.25, -0.2) is 9.36 Å². The van der Waals surface area contributed by atoms with Crippen LogP contribution in [-0.4, -0.2) is 31.0 Å². The largest absolute Gasteiger partial charge is 0.503 e. The molecule has 0 aromatic carbocycles. The third kappa shape index (κ3) is 2800. The Hall–Kier alpha value is 0.523. The van der Waals surface area contributed by atoms with Crippen molar-refractivity contribution in [2.45, 2.75) is 0 Å². The molecule has 0 aliphatic rings. The second-order valence-corrected chi connectivity index (χ2v) is 1.82. The van der Waals surface area contributed by atoms with Crippen LogP contribution >= 0.6 is 7.82 Å². The second-order valence-electron chi connectivity index (χ2n) is 0.796. The molecule has 0 spiro atoms. The maximum atomic E-state index is 8.88. The van der Waals surface area contributed by atoms with E-state index in [4.69, 9.17) is 34.3 Å². The summed E-state index contributed by atoms with van der Waals surface area (Å²) >= 11 is 0. The molecule has 0 atom stereocenters. The summed E-state index contributed by atoms with van der Waals surface area (Å²) in [7, 11) is -4.64. The maximum absolute atomic E-state index is 8.88. The smallest absolute Gasteiger partial charge is 0.450 e. The molecule has 0 aliphatic heterocycles. The Morgan fingerprint density at radius 2 is 1.09 bits per heavy atom. The monoisotopic (exact) mass is 280 g/mol. The van der Waals surface area contributed by atoms with E-state index in [1.807, 2.05) is 0 Å². The van der Waals surface area contributed by atoms with Crippen molar-refractivity contribution in [3.8, 4) is 0 Å². The zero-order valence-corrected chi connectivity index (χ0v) is 10.0. The van der Waals surface area contributed by atoms with Crippen LogP contribution < -0.4 is 0 Å². The third-order valence-corrected chi connectivity index (χ3v) is 0. The minimum absolute atomic E-state index is 0. The van der Waals surface area contributed by atoms with E-state index in [0.717, 1.165) is 0 Å². The Bertz CT molecular complexity index is 118. The van der Waals surface area contributed by atoms with Crippen molar-refractivity contribution in [1.29, 1.82) is 0 Å². The standard InChI is InChI=1S/CH2O3.Fe.H3O4P.Zn/c2-1(3)4;;1-5(2,3)4;/h(H2,2,3,4);;(H3,1,2,3,4);. The van der Waals surface area contributed by atoms with Crippen molar-refractivity contribution in [3.05, 3.63) is 0 Å². The van der Waals surface area contributed by atoms with Gasteiger partial charge in [-0.1, -0.05) is 0 Å². The van der Waals surface area contributed by atoms with Gasteiger partial charge in [0.1, 0.15) is 0 Å². The average molecular weight is 281 g/mol. The molecule has 10 heteroatoms. The molecular weight excluding hydrogens is 276 g/mol. The molecule has 0 fully saturated rings. The number of carbonyl (C=O) groups is 1. The molecule has 0 aliphatic carbocycles. The van der Waals surface area contributed by atoms with Crippen LogP contribution in [-0.2, 0) is 41.1 Å². The molecule has 0 heterocycles. The fourth-order valence-corrected chi connectivity index (χ4v) is 0. The number of hydrogen-bond donors (Lipinski definition) is 5. The SMILES string of the molecule is O=C(O)O.O=P(O)(O)O.[Fe].[Zn].